The fourth-order valence-corrected chi connectivity index (χ4v) is 2.88. The summed E-state index contributed by atoms with van der Waals surface area (Å²) in [6, 6.07) is 15.6. The van der Waals surface area contributed by atoms with Crippen molar-refractivity contribution in [2.45, 2.75) is 25.3 Å². The molecule has 1 aliphatic rings. The molecule has 0 saturated carbocycles. The molecule has 1 atom stereocenters. The van der Waals surface area contributed by atoms with Crippen LogP contribution in [0.3, 0.4) is 0 Å². The predicted octanol–water partition coefficient (Wildman–Crippen LogP) is 3.78. The van der Waals surface area contributed by atoms with Crippen molar-refractivity contribution in [3.63, 3.8) is 0 Å². The van der Waals surface area contributed by atoms with E-state index in [9.17, 15) is 14.0 Å². The van der Waals surface area contributed by atoms with Crippen molar-refractivity contribution in [3.05, 3.63) is 95.3 Å². The highest BCUT2D eigenvalue weighted by Gasteiger charge is 2.30. The number of nitrogens with two attached hydrogens (primary N) is 1. The minimum Gasteiger partial charge on any atom is -0.481 e. The molecule has 5 nitrogen and oxygen atoms in total. The Labute approximate surface area is 169 Å². The number of carbonyl (C=O) groups is 2. The monoisotopic (exact) mass is 396 g/mol. The van der Waals surface area contributed by atoms with E-state index in [1.807, 2.05) is 30.4 Å². The number of carbonyl (C=O) groups excluding carboxylic acids is 1. The quantitative estimate of drug-likeness (QED) is 0.717. The van der Waals surface area contributed by atoms with E-state index >= 15 is 0 Å². The maximum absolute atomic E-state index is 14.1. The fourth-order valence-electron chi connectivity index (χ4n) is 2.88. The van der Waals surface area contributed by atoms with Gasteiger partial charge in [0, 0.05) is 24.1 Å². The third kappa shape index (κ3) is 6.40. The second-order valence-electron chi connectivity index (χ2n) is 6.68. The number of aliphatic carboxylic acids is 1. The van der Waals surface area contributed by atoms with Crippen molar-refractivity contribution in [1.29, 1.82) is 0 Å². The van der Waals surface area contributed by atoms with Crippen molar-refractivity contribution < 1.29 is 19.1 Å². The van der Waals surface area contributed by atoms with E-state index in [-0.39, 0.29) is 18.1 Å². The number of hydrogen-bond acceptors (Lipinski definition) is 3. The number of nitrogens with one attached hydrogen (secondary N) is 1. The van der Waals surface area contributed by atoms with Gasteiger partial charge in [-0.3, -0.25) is 9.59 Å². The molecule has 0 spiro atoms. The molecule has 0 saturated heterocycles. The molecular formula is C23H25FN2O3. The van der Waals surface area contributed by atoms with E-state index < -0.39 is 11.5 Å². The third-order valence-electron chi connectivity index (χ3n) is 4.43. The highest BCUT2D eigenvalue weighted by atomic mass is 19.1. The van der Waals surface area contributed by atoms with Crippen LogP contribution >= 0.6 is 0 Å². The van der Waals surface area contributed by atoms with Gasteiger partial charge in [-0.2, -0.15) is 0 Å². The van der Waals surface area contributed by atoms with Crippen LogP contribution in [0.1, 0.15) is 35.7 Å². The molecule has 2 aromatic rings. The van der Waals surface area contributed by atoms with E-state index in [0.29, 0.717) is 24.1 Å². The molecule has 29 heavy (non-hydrogen) atoms. The Balaban J connectivity index is 0.000000537. The Morgan fingerprint density at radius 1 is 1.14 bits per heavy atom. The molecule has 3 rings (SSSR count). The number of halogens is 1. The Kier molecular flexibility index (Phi) is 7.86. The maximum atomic E-state index is 14.1. The number of benzene rings is 2. The Hall–Kier alpha value is -3.25. The summed E-state index contributed by atoms with van der Waals surface area (Å²) < 4.78 is 14.1. The molecule has 0 bridgehead atoms. The van der Waals surface area contributed by atoms with E-state index in [4.69, 9.17) is 10.8 Å². The summed E-state index contributed by atoms with van der Waals surface area (Å²) in [6.07, 6.45) is 6.21. The highest BCUT2D eigenvalue weighted by Crippen LogP contribution is 2.32. The van der Waals surface area contributed by atoms with Gasteiger partial charge in [0.2, 0.25) is 0 Å². The molecule has 0 fully saturated rings. The fraction of sp³-hybridized carbons (Fsp3) is 0.217. The third-order valence-corrected chi connectivity index (χ3v) is 4.43. The van der Waals surface area contributed by atoms with Gasteiger partial charge in [0.1, 0.15) is 5.82 Å². The van der Waals surface area contributed by atoms with Gasteiger partial charge >= 0.3 is 5.97 Å². The number of hydrogen-bond donors (Lipinski definition) is 3. The lowest BCUT2D eigenvalue weighted by molar-refractivity contribution is -0.136. The van der Waals surface area contributed by atoms with Gasteiger partial charge in [-0.15, -0.1) is 0 Å². The molecule has 0 aromatic heterocycles. The zero-order valence-electron chi connectivity index (χ0n) is 16.3. The van der Waals surface area contributed by atoms with Gasteiger partial charge < -0.3 is 16.2 Å². The largest absolute Gasteiger partial charge is 0.481 e. The number of allylic oxidation sites excluding steroid dienone is 2. The average Bonchev–Trinajstić information content (AvgIpc) is 2.73. The van der Waals surface area contributed by atoms with Crippen LogP contribution in [0, 0.1) is 5.82 Å². The predicted molar refractivity (Wildman–Crippen MR) is 111 cm³/mol. The summed E-state index contributed by atoms with van der Waals surface area (Å²) in [4.78, 5) is 21.5. The maximum Gasteiger partial charge on any atom is 0.303 e. The molecule has 1 aliphatic carbocycles. The lowest BCUT2D eigenvalue weighted by atomic mass is 9.81. The lowest BCUT2D eigenvalue weighted by Gasteiger charge is -2.30. The van der Waals surface area contributed by atoms with Crippen molar-refractivity contribution in [2.75, 3.05) is 6.54 Å². The number of carboxylic acids is 1. The molecule has 6 heteroatoms. The molecule has 1 amide bonds. The highest BCUT2D eigenvalue weighted by molar-refractivity contribution is 5.94. The molecule has 0 radical (unpaired) electrons. The van der Waals surface area contributed by atoms with Crippen LogP contribution in [0.15, 0.2) is 78.4 Å². The summed E-state index contributed by atoms with van der Waals surface area (Å²) in [7, 11) is 0. The van der Waals surface area contributed by atoms with Crippen molar-refractivity contribution in [3.8, 4) is 0 Å². The summed E-state index contributed by atoms with van der Waals surface area (Å²) in [5.41, 5.74) is 7.53. The Morgan fingerprint density at radius 3 is 2.38 bits per heavy atom. The number of carboxylic acid groups (broad SMARTS) is 1. The first-order valence-electron chi connectivity index (χ1n) is 9.32. The van der Waals surface area contributed by atoms with Gasteiger partial charge in [-0.25, -0.2) is 4.39 Å². The minimum atomic E-state index is -0.896. The Morgan fingerprint density at radius 2 is 1.76 bits per heavy atom. The SMILES string of the molecule is CCC(=O)O.NC1(c2ccccc2F)C=CC=C(CNC(=O)c2ccccc2)C1. The first kappa shape index (κ1) is 22.0. The van der Waals surface area contributed by atoms with Crippen LogP contribution in [0.4, 0.5) is 4.39 Å². The summed E-state index contributed by atoms with van der Waals surface area (Å²) >= 11 is 0. The average molecular weight is 396 g/mol. The van der Waals surface area contributed by atoms with Crippen molar-refractivity contribution in [2.24, 2.45) is 5.73 Å². The van der Waals surface area contributed by atoms with Crippen LogP contribution in [-0.4, -0.2) is 23.5 Å². The smallest absolute Gasteiger partial charge is 0.303 e. The molecular weight excluding hydrogens is 371 g/mol. The topological polar surface area (TPSA) is 92.4 Å². The van der Waals surface area contributed by atoms with Gasteiger partial charge in [0.25, 0.3) is 5.91 Å². The number of amides is 1. The number of rotatable bonds is 5. The molecule has 0 heterocycles. The van der Waals surface area contributed by atoms with E-state index in [2.05, 4.69) is 5.32 Å². The standard InChI is InChI=1S/C20H19FN2O.C3H6O2/c21-18-11-5-4-10-17(18)20(22)12-6-7-15(13-20)14-23-19(24)16-8-2-1-3-9-16;1-2-3(4)5/h1-12H,13-14,22H2,(H,23,24);2H2,1H3,(H,4,5). The molecule has 4 N–H and O–H groups in total. The van der Waals surface area contributed by atoms with E-state index in [1.54, 1.807) is 43.3 Å². The second-order valence-corrected chi connectivity index (χ2v) is 6.68. The normalized spacial score (nSPS) is 17.6. The Bertz CT molecular complexity index is 909. The van der Waals surface area contributed by atoms with Crippen LogP contribution < -0.4 is 11.1 Å². The van der Waals surface area contributed by atoms with Gasteiger partial charge in [-0.05, 0) is 30.2 Å². The first-order valence-corrected chi connectivity index (χ1v) is 9.32. The minimum absolute atomic E-state index is 0.139. The van der Waals surface area contributed by atoms with E-state index in [1.165, 1.54) is 6.07 Å². The molecule has 1 unspecified atom stereocenters. The van der Waals surface area contributed by atoms with Crippen molar-refractivity contribution in [1.82, 2.24) is 5.32 Å². The van der Waals surface area contributed by atoms with Gasteiger partial charge in [0.05, 0.1) is 5.54 Å². The lowest BCUT2D eigenvalue weighted by Crippen LogP contribution is -2.38. The van der Waals surface area contributed by atoms with Gasteiger partial charge in [-0.1, -0.05) is 61.5 Å². The van der Waals surface area contributed by atoms with Crippen molar-refractivity contribution >= 4 is 11.9 Å². The first-order chi connectivity index (χ1) is 13.9. The molecule has 152 valence electrons. The second kappa shape index (κ2) is 10.3. The summed E-state index contributed by atoms with van der Waals surface area (Å²) in [5, 5.41) is 10.6. The zero-order chi connectivity index (χ0) is 21.3. The summed E-state index contributed by atoms with van der Waals surface area (Å²) in [5.74, 6) is -1.20. The zero-order valence-corrected chi connectivity index (χ0v) is 16.3. The van der Waals surface area contributed by atoms with Gasteiger partial charge in [0.15, 0.2) is 0 Å². The molecule has 2 aromatic carbocycles. The van der Waals surface area contributed by atoms with E-state index in [0.717, 1.165) is 5.57 Å². The molecule has 0 aliphatic heterocycles. The van der Waals surface area contributed by atoms with Crippen LogP contribution in [0.2, 0.25) is 0 Å². The van der Waals surface area contributed by atoms with Crippen LogP contribution in [0.5, 0.6) is 0 Å². The van der Waals surface area contributed by atoms with Crippen LogP contribution in [0.25, 0.3) is 0 Å². The summed E-state index contributed by atoms with van der Waals surface area (Å²) in [6.45, 7) is 1.98. The van der Waals surface area contributed by atoms with Crippen LogP contribution in [-0.2, 0) is 10.3 Å².